The van der Waals surface area contributed by atoms with Gasteiger partial charge in [-0.2, -0.15) is 20.2 Å². The molecule has 0 bridgehead atoms. The molecule has 21 heteroatoms. The molecule has 0 spiro atoms. The van der Waals surface area contributed by atoms with Gasteiger partial charge in [-0.25, -0.2) is 9.07 Å². The molecule has 430 valence electrons. The maximum atomic E-state index is 16.1. The van der Waals surface area contributed by atoms with Crippen LogP contribution in [0.4, 0.5) is 10.2 Å². The normalized spacial score (nSPS) is 18.7. The van der Waals surface area contributed by atoms with Gasteiger partial charge >= 0.3 is 6.01 Å². The lowest BCUT2D eigenvalue weighted by molar-refractivity contribution is -0.142. The smallest absolute Gasteiger partial charge is 0.319 e. The van der Waals surface area contributed by atoms with Crippen molar-refractivity contribution in [3.63, 3.8) is 0 Å². The van der Waals surface area contributed by atoms with Gasteiger partial charge in [-0.05, 0) is 111 Å². The molecule has 3 fully saturated rings. The Morgan fingerprint density at radius 3 is 2.46 bits per heavy atom. The van der Waals surface area contributed by atoms with Crippen LogP contribution in [0.3, 0.4) is 0 Å². The van der Waals surface area contributed by atoms with E-state index in [1.165, 1.54) is 15.6 Å². The van der Waals surface area contributed by atoms with E-state index in [1.807, 2.05) is 87.0 Å². The van der Waals surface area contributed by atoms with Gasteiger partial charge in [0.05, 0.1) is 48.5 Å². The summed E-state index contributed by atoms with van der Waals surface area (Å²) in [6.45, 7) is 14.7. The number of H-pyrrole nitrogens is 1. The number of β-amino-alcohol motifs (C(OH)–C–C–N with tert-alkyl or cyclic N) is 1. The van der Waals surface area contributed by atoms with Crippen LogP contribution < -0.4 is 25.0 Å². The van der Waals surface area contributed by atoms with Gasteiger partial charge in [-0.15, -0.1) is 5.10 Å². The minimum Gasteiger partial charge on any atom is -0.486 e. The molecule has 11 rings (SSSR count). The first kappa shape index (κ1) is 56.0. The zero-order valence-corrected chi connectivity index (χ0v) is 47.5. The lowest BCUT2D eigenvalue weighted by Gasteiger charge is -2.30. The van der Waals surface area contributed by atoms with Crippen LogP contribution in [0.25, 0.3) is 55.4 Å². The average molecular weight is 1120 g/mol. The van der Waals surface area contributed by atoms with Crippen molar-refractivity contribution in [2.45, 2.75) is 123 Å². The first-order chi connectivity index (χ1) is 39.7. The van der Waals surface area contributed by atoms with Gasteiger partial charge in [-0.3, -0.25) is 19.4 Å². The SMILES string of the molecule is CCn1nccc1-c1ccc([C@H](CO)NC(=O)[C@@H]2C[C@@H](O)CN2C(=O)[C@H](C(C)C)n2cc(-c3ccc(COc4c(-c5c(C)c(F)cc6[nH]ncc56)c(C5CC5)cc5c(N6CCNCC[C@H]6C)nc(OC[C@H](C)OC)nc45)cc3)nn2)cc1. The van der Waals surface area contributed by atoms with Crippen molar-refractivity contribution in [1.82, 2.24) is 60.5 Å². The van der Waals surface area contributed by atoms with Crippen molar-refractivity contribution in [2.75, 3.05) is 51.4 Å². The van der Waals surface area contributed by atoms with Gasteiger partial charge in [0.1, 0.15) is 48.1 Å². The number of nitrogens with zero attached hydrogens (tertiary/aromatic N) is 10. The highest BCUT2D eigenvalue weighted by molar-refractivity contribution is 6.06. The maximum Gasteiger partial charge on any atom is 0.319 e. The van der Waals surface area contributed by atoms with Crippen LogP contribution in [-0.2, 0) is 27.5 Å². The fourth-order valence-electron chi connectivity index (χ4n) is 11.6. The van der Waals surface area contributed by atoms with E-state index in [0.29, 0.717) is 52.3 Å². The van der Waals surface area contributed by atoms with E-state index in [4.69, 9.17) is 24.2 Å². The van der Waals surface area contributed by atoms with Gasteiger partial charge in [0, 0.05) is 79.4 Å². The number of benzene rings is 4. The number of aliphatic hydroxyl groups is 2. The van der Waals surface area contributed by atoms with E-state index in [9.17, 15) is 19.8 Å². The molecular weight excluding hydrogens is 1050 g/mol. The van der Waals surface area contributed by atoms with Crippen LogP contribution in [0.2, 0.25) is 0 Å². The minimum atomic E-state index is -0.987. The highest BCUT2D eigenvalue weighted by Gasteiger charge is 2.43. The first-order valence-electron chi connectivity index (χ1n) is 28.5. The number of anilines is 1. The molecule has 1 saturated carbocycles. The predicted octanol–water partition coefficient (Wildman–Crippen LogP) is 7.83. The molecule has 82 heavy (non-hydrogen) atoms. The summed E-state index contributed by atoms with van der Waals surface area (Å²) in [5.74, 6) is -0.0793. The zero-order valence-electron chi connectivity index (χ0n) is 47.5. The van der Waals surface area contributed by atoms with Crippen LogP contribution in [0.1, 0.15) is 101 Å². The number of hydrogen-bond donors (Lipinski definition) is 5. The fourth-order valence-corrected chi connectivity index (χ4v) is 11.6. The third-order valence-corrected chi connectivity index (χ3v) is 16.4. The number of carbonyl (C=O) groups is 2. The van der Waals surface area contributed by atoms with Gasteiger partial charge in [0.2, 0.25) is 11.8 Å². The highest BCUT2D eigenvalue weighted by atomic mass is 19.1. The number of aryl methyl sites for hydroxylation is 1. The summed E-state index contributed by atoms with van der Waals surface area (Å²) in [5, 5.41) is 50.2. The number of methoxy groups -OCH3 is 1. The lowest BCUT2D eigenvalue weighted by Crippen LogP contribution is -2.50. The lowest BCUT2D eigenvalue weighted by atomic mass is 9.88. The Morgan fingerprint density at radius 2 is 1.73 bits per heavy atom. The Morgan fingerprint density at radius 1 is 0.951 bits per heavy atom. The maximum absolute atomic E-state index is 16.1. The third kappa shape index (κ3) is 11.3. The van der Waals surface area contributed by atoms with Crippen molar-refractivity contribution in [2.24, 2.45) is 5.92 Å². The molecule has 4 aromatic heterocycles. The Balaban J connectivity index is 0.874. The third-order valence-electron chi connectivity index (χ3n) is 16.4. The molecular formula is C61H72FN13O7. The molecule has 0 unspecified atom stereocenters. The average Bonchev–Trinajstić information content (AvgIpc) is 2.12. The second-order valence-corrected chi connectivity index (χ2v) is 22.4. The van der Waals surface area contributed by atoms with E-state index < -0.39 is 30.1 Å². The number of nitrogens with one attached hydrogen (secondary N) is 3. The van der Waals surface area contributed by atoms with Gasteiger partial charge in [0.15, 0.2) is 5.75 Å². The van der Waals surface area contributed by atoms with Crippen molar-refractivity contribution in [3.05, 3.63) is 113 Å². The van der Waals surface area contributed by atoms with Crippen molar-refractivity contribution >= 4 is 39.4 Å². The molecule has 5 N–H and O–H groups in total. The van der Waals surface area contributed by atoms with E-state index in [0.717, 1.165) is 82.5 Å². The number of halogens is 1. The number of rotatable bonds is 20. The van der Waals surface area contributed by atoms with Crippen LogP contribution in [0.5, 0.6) is 11.8 Å². The molecule has 0 radical (unpaired) electrons. The van der Waals surface area contributed by atoms with Crippen LogP contribution in [0, 0.1) is 18.7 Å². The predicted molar refractivity (Wildman–Crippen MR) is 309 cm³/mol. The van der Waals surface area contributed by atoms with E-state index in [-0.39, 0.29) is 74.5 Å². The number of fused-ring (bicyclic) bond motifs is 2. The quantitative estimate of drug-likeness (QED) is 0.0489. The summed E-state index contributed by atoms with van der Waals surface area (Å²) in [4.78, 5) is 42.7. The highest BCUT2D eigenvalue weighted by Crippen LogP contribution is 2.53. The summed E-state index contributed by atoms with van der Waals surface area (Å²) in [6.07, 6.45) is 6.92. The molecule has 4 aromatic carbocycles. The summed E-state index contributed by atoms with van der Waals surface area (Å²) >= 11 is 0. The van der Waals surface area contributed by atoms with Gasteiger partial charge < -0.3 is 44.9 Å². The van der Waals surface area contributed by atoms with Crippen LogP contribution >= 0.6 is 0 Å². The standard InChI is InChI=1S/C61H72FN13O7/c1-8-74-51(20-22-65-74)42-17-15-41(16-18-42)50(31-76)66-59(78)52-25-43(77)29-73(52)60(79)56(34(2)3)75-30-49(70-71-75)40-11-9-38(10-12-40)33-81-57-54(53-37(6)47(62)27-48-46(53)28-64-69-48)44(39-13-14-39)26-45-55(57)67-61(82-32-36(5)80-7)68-58(45)72-24-23-63-21-19-35(72)4/h9-12,15-18,20,22,26-28,30,34-36,39,43,50,52,56,63,76-77H,8,13-14,19,21,23-25,29,31-33H2,1-7H3,(H,64,69)(H,66,78)/t35-,36+,43-,50+,52+,56+/m1/s1. The Labute approximate surface area is 475 Å². The largest absolute Gasteiger partial charge is 0.486 e. The Bertz CT molecular complexity index is 3580. The number of carbonyl (C=O) groups excluding carboxylic acids is 2. The van der Waals surface area contributed by atoms with E-state index >= 15 is 4.39 Å². The van der Waals surface area contributed by atoms with E-state index in [2.05, 4.69) is 54.1 Å². The molecule has 8 aromatic rings. The molecule has 6 atom stereocenters. The van der Waals surface area contributed by atoms with Crippen LogP contribution in [0.15, 0.2) is 85.3 Å². The van der Waals surface area contributed by atoms with E-state index in [1.54, 1.807) is 32.6 Å². The topological polar surface area (TPSA) is 236 Å². The van der Waals surface area contributed by atoms with Crippen molar-refractivity contribution < 1.29 is 38.4 Å². The van der Waals surface area contributed by atoms with Crippen molar-refractivity contribution in [1.29, 1.82) is 0 Å². The summed E-state index contributed by atoms with van der Waals surface area (Å²) < 4.78 is 38.6. The number of hydrogen-bond acceptors (Lipinski definition) is 15. The van der Waals surface area contributed by atoms with Crippen LogP contribution in [-0.4, -0.2) is 143 Å². The number of aliphatic hydroxyl groups excluding tert-OH is 2. The Hall–Kier alpha value is -7.85. The molecule has 2 saturated heterocycles. The number of aromatic nitrogens is 9. The second-order valence-electron chi connectivity index (χ2n) is 22.4. The number of aromatic amines is 1. The molecule has 2 aliphatic heterocycles. The molecule has 3 aliphatic rings. The first-order valence-corrected chi connectivity index (χ1v) is 28.5. The molecule has 2 amide bonds. The minimum absolute atomic E-state index is 0.0373. The summed E-state index contributed by atoms with van der Waals surface area (Å²) in [5.41, 5.74) is 8.74. The van der Waals surface area contributed by atoms with Crippen molar-refractivity contribution in [3.8, 4) is 45.4 Å². The Kier molecular flexibility index (Phi) is 16.4. The number of likely N-dealkylation sites (tertiary alicyclic amines) is 1. The summed E-state index contributed by atoms with van der Waals surface area (Å²) in [7, 11) is 1.63. The number of ether oxygens (including phenoxy) is 3. The zero-order chi connectivity index (χ0) is 57.3. The second kappa shape index (κ2) is 23.9. The fraction of sp³-hybridized carbons (Fsp3) is 0.443. The molecule has 1 aliphatic carbocycles. The molecule has 6 heterocycles. The molecule has 20 nitrogen and oxygen atoms in total. The van der Waals surface area contributed by atoms with Gasteiger partial charge in [0.25, 0.3) is 0 Å². The summed E-state index contributed by atoms with van der Waals surface area (Å²) in [6, 6.07) is 18.6. The monoisotopic (exact) mass is 1120 g/mol. The van der Waals surface area contributed by atoms with Gasteiger partial charge in [-0.1, -0.05) is 67.6 Å². The number of amides is 2.